The molecule has 3 rings (SSSR count). The van der Waals surface area contributed by atoms with Crippen LogP contribution >= 0.6 is 11.8 Å². The molecule has 0 aliphatic carbocycles. The van der Waals surface area contributed by atoms with Crippen molar-refractivity contribution in [2.24, 2.45) is 0 Å². The van der Waals surface area contributed by atoms with Gasteiger partial charge in [0.05, 0.1) is 12.4 Å². The molecule has 0 bridgehead atoms. The number of benzene rings is 1. The lowest BCUT2D eigenvalue weighted by molar-refractivity contribution is 0.196. The molecule has 1 atom stereocenters. The molecule has 0 aliphatic heterocycles. The third-order valence-corrected chi connectivity index (χ3v) is 3.91. The number of aliphatic hydroxyl groups excluding tert-OH is 1. The van der Waals surface area contributed by atoms with E-state index in [-0.39, 0.29) is 5.82 Å². The van der Waals surface area contributed by atoms with Crippen LogP contribution in [0.1, 0.15) is 18.6 Å². The van der Waals surface area contributed by atoms with Gasteiger partial charge in [-0.15, -0.1) is 0 Å². The van der Waals surface area contributed by atoms with Crippen molar-refractivity contribution in [3.8, 4) is 0 Å². The van der Waals surface area contributed by atoms with Gasteiger partial charge >= 0.3 is 0 Å². The van der Waals surface area contributed by atoms with Crippen LogP contribution in [0.4, 0.5) is 4.39 Å². The van der Waals surface area contributed by atoms with Gasteiger partial charge in [0.15, 0.2) is 5.65 Å². The Hall–Kier alpha value is -1.99. The second-order valence-electron chi connectivity index (χ2n) is 4.24. The lowest BCUT2D eigenvalue weighted by atomic mass is 10.1. The third-order valence-electron chi connectivity index (χ3n) is 2.82. The molecule has 2 heterocycles. The second kappa shape index (κ2) is 5.18. The SMILES string of the molecule is C[C@H](O)c1cc(F)ccc1Sc1ncnc2nc[nH]c12. The molecule has 2 aromatic heterocycles. The fourth-order valence-corrected chi connectivity index (χ4v) is 2.91. The molecule has 0 aliphatic rings. The normalized spacial score (nSPS) is 12.8. The summed E-state index contributed by atoms with van der Waals surface area (Å²) in [4.78, 5) is 16.0. The number of nitrogens with zero attached hydrogens (tertiary/aromatic N) is 3. The number of aromatic nitrogens is 4. The average molecular weight is 290 g/mol. The number of imidazole rings is 1. The van der Waals surface area contributed by atoms with Gasteiger partial charge in [0.1, 0.15) is 22.7 Å². The van der Waals surface area contributed by atoms with E-state index in [9.17, 15) is 9.50 Å². The smallest absolute Gasteiger partial charge is 0.181 e. The molecule has 0 amide bonds. The van der Waals surface area contributed by atoms with Crippen molar-refractivity contribution in [3.05, 3.63) is 42.2 Å². The minimum Gasteiger partial charge on any atom is -0.389 e. The van der Waals surface area contributed by atoms with E-state index in [0.29, 0.717) is 16.2 Å². The topological polar surface area (TPSA) is 74.7 Å². The van der Waals surface area contributed by atoms with Crippen molar-refractivity contribution in [3.63, 3.8) is 0 Å². The summed E-state index contributed by atoms with van der Waals surface area (Å²) in [6.07, 6.45) is 2.22. The van der Waals surface area contributed by atoms with Gasteiger partial charge in [0.2, 0.25) is 0 Å². The minimum absolute atomic E-state index is 0.375. The van der Waals surface area contributed by atoms with E-state index in [1.807, 2.05) is 0 Å². The molecule has 1 aromatic carbocycles. The summed E-state index contributed by atoms with van der Waals surface area (Å²) in [5, 5.41) is 10.4. The van der Waals surface area contributed by atoms with Gasteiger partial charge in [0, 0.05) is 4.90 Å². The molecule has 7 heteroatoms. The van der Waals surface area contributed by atoms with E-state index >= 15 is 0 Å². The first kappa shape index (κ1) is 13.0. The predicted molar refractivity (Wildman–Crippen MR) is 72.8 cm³/mol. The number of hydrogen-bond donors (Lipinski definition) is 2. The van der Waals surface area contributed by atoms with Crippen molar-refractivity contribution in [2.75, 3.05) is 0 Å². The molecular formula is C13H11FN4OS. The summed E-state index contributed by atoms with van der Waals surface area (Å²) in [5.41, 5.74) is 1.82. The quantitative estimate of drug-likeness (QED) is 0.725. The molecule has 2 N–H and O–H groups in total. The summed E-state index contributed by atoms with van der Waals surface area (Å²) >= 11 is 1.34. The van der Waals surface area contributed by atoms with Gasteiger partial charge in [0.25, 0.3) is 0 Å². The van der Waals surface area contributed by atoms with Crippen molar-refractivity contribution in [2.45, 2.75) is 22.9 Å². The van der Waals surface area contributed by atoms with Crippen LogP contribution in [0.5, 0.6) is 0 Å². The maximum Gasteiger partial charge on any atom is 0.181 e. The minimum atomic E-state index is -0.757. The first-order valence-electron chi connectivity index (χ1n) is 5.94. The number of fused-ring (bicyclic) bond motifs is 1. The maximum absolute atomic E-state index is 13.3. The van der Waals surface area contributed by atoms with Gasteiger partial charge in [-0.2, -0.15) is 0 Å². The van der Waals surface area contributed by atoms with Crippen LogP contribution < -0.4 is 0 Å². The number of nitrogens with one attached hydrogen (secondary N) is 1. The number of H-pyrrole nitrogens is 1. The standard InChI is InChI=1S/C13H11FN4OS/c1-7(19)9-4-8(14)2-3-10(9)20-13-11-12(16-5-15-11)17-6-18-13/h2-7,19H,1H3,(H,15,16,17,18)/t7-/m0/s1. The molecule has 0 saturated carbocycles. The Balaban J connectivity index is 2.05. The fraction of sp³-hybridized carbons (Fsp3) is 0.154. The van der Waals surface area contributed by atoms with E-state index in [1.54, 1.807) is 19.3 Å². The van der Waals surface area contributed by atoms with E-state index in [4.69, 9.17) is 0 Å². The Labute approximate surface area is 118 Å². The van der Waals surface area contributed by atoms with E-state index in [2.05, 4.69) is 19.9 Å². The molecule has 0 saturated heterocycles. The summed E-state index contributed by atoms with van der Waals surface area (Å²) < 4.78 is 13.3. The lowest BCUT2D eigenvalue weighted by Gasteiger charge is -2.11. The molecule has 0 fully saturated rings. The Morgan fingerprint density at radius 1 is 1.30 bits per heavy atom. The average Bonchev–Trinajstić information content (AvgIpc) is 2.90. The van der Waals surface area contributed by atoms with Crippen LogP contribution in [0.3, 0.4) is 0 Å². The zero-order valence-corrected chi connectivity index (χ0v) is 11.4. The van der Waals surface area contributed by atoms with E-state index in [1.165, 1.54) is 30.2 Å². The van der Waals surface area contributed by atoms with Crippen molar-refractivity contribution in [1.82, 2.24) is 19.9 Å². The predicted octanol–water partition coefficient (Wildman–Crippen LogP) is 2.70. The van der Waals surface area contributed by atoms with Gasteiger partial charge in [-0.05, 0) is 30.7 Å². The Morgan fingerprint density at radius 3 is 2.95 bits per heavy atom. The summed E-state index contributed by atoms with van der Waals surface area (Å²) in [6.45, 7) is 1.60. The molecule has 0 radical (unpaired) electrons. The molecule has 0 spiro atoms. The zero-order chi connectivity index (χ0) is 14.1. The summed E-state index contributed by atoms with van der Waals surface area (Å²) in [7, 11) is 0. The number of aromatic amines is 1. The number of aliphatic hydroxyl groups is 1. The highest BCUT2D eigenvalue weighted by molar-refractivity contribution is 7.99. The van der Waals surface area contributed by atoms with E-state index in [0.717, 1.165) is 10.4 Å². The number of rotatable bonds is 3. The molecular weight excluding hydrogens is 279 g/mol. The highest BCUT2D eigenvalue weighted by Crippen LogP contribution is 2.34. The van der Waals surface area contributed by atoms with Crippen LogP contribution in [-0.4, -0.2) is 25.0 Å². The Bertz CT molecular complexity index is 759. The van der Waals surface area contributed by atoms with Crippen molar-refractivity contribution < 1.29 is 9.50 Å². The van der Waals surface area contributed by atoms with E-state index < -0.39 is 6.10 Å². The van der Waals surface area contributed by atoms with Crippen LogP contribution in [0.15, 0.2) is 40.8 Å². The Kier molecular flexibility index (Phi) is 3.37. The van der Waals surface area contributed by atoms with Gasteiger partial charge in [-0.1, -0.05) is 11.8 Å². The van der Waals surface area contributed by atoms with Crippen molar-refractivity contribution >= 4 is 22.9 Å². The Morgan fingerprint density at radius 2 is 2.15 bits per heavy atom. The fourth-order valence-electron chi connectivity index (χ4n) is 1.86. The summed E-state index contributed by atoms with van der Waals surface area (Å²) in [6, 6.07) is 4.32. The van der Waals surface area contributed by atoms with Gasteiger partial charge < -0.3 is 10.1 Å². The highest BCUT2D eigenvalue weighted by Gasteiger charge is 2.14. The van der Waals surface area contributed by atoms with Crippen molar-refractivity contribution in [1.29, 1.82) is 0 Å². The second-order valence-corrected chi connectivity index (χ2v) is 5.27. The van der Waals surface area contributed by atoms with Crippen LogP contribution in [0.25, 0.3) is 11.2 Å². The highest BCUT2D eigenvalue weighted by atomic mass is 32.2. The largest absolute Gasteiger partial charge is 0.389 e. The van der Waals surface area contributed by atoms with Crippen LogP contribution in [0.2, 0.25) is 0 Å². The number of halogens is 1. The molecule has 0 unspecified atom stereocenters. The maximum atomic E-state index is 13.3. The first-order chi connectivity index (χ1) is 9.65. The van der Waals surface area contributed by atoms with Gasteiger partial charge in [-0.25, -0.2) is 19.3 Å². The molecule has 102 valence electrons. The molecule has 3 aromatic rings. The monoisotopic (exact) mass is 290 g/mol. The first-order valence-corrected chi connectivity index (χ1v) is 6.76. The third kappa shape index (κ3) is 2.37. The number of hydrogen-bond acceptors (Lipinski definition) is 5. The van der Waals surface area contributed by atoms with Gasteiger partial charge in [-0.3, -0.25) is 0 Å². The molecule has 20 heavy (non-hydrogen) atoms. The van der Waals surface area contributed by atoms with Crippen LogP contribution in [0, 0.1) is 5.82 Å². The molecule has 5 nitrogen and oxygen atoms in total. The summed E-state index contributed by atoms with van der Waals surface area (Å²) in [5.74, 6) is -0.375. The zero-order valence-electron chi connectivity index (χ0n) is 10.5. The van der Waals surface area contributed by atoms with Crippen LogP contribution in [-0.2, 0) is 0 Å². The lowest BCUT2D eigenvalue weighted by Crippen LogP contribution is -1.96.